The van der Waals surface area contributed by atoms with Gasteiger partial charge in [0.25, 0.3) is 0 Å². The first kappa shape index (κ1) is 12.2. The first-order chi connectivity index (χ1) is 6.79. The fraction of sp³-hybridized carbons (Fsp3) is 0.727. The van der Waals surface area contributed by atoms with Crippen LogP contribution in [0, 0.1) is 0 Å². The molecule has 1 fully saturated rings. The van der Waals surface area contributed by atoms with Crippen LogP contribution in [0.5, 0.6) is 0 Å². The molecule has 0 aromatic rings. The molecule has 1 aliphatic carbocycles. The van der Waals surface area contributed by atoms with Crippen LogP contribution in [0.4, 0.5) is 0 Å². The molecule has 0 N–H and O–H groups in total. The van der Waals surface area contributed by atoms with Gasteiger partial charge in [-0.05, 0) is 31.8 Å². The van der Waals surface area contributed by atoms with Gasteiger partial charge in [-0.2, -0.15) is 0 Å². The summed E-state index contributed by atoms with van der Waals surface area (Å²) in [6.45, 7) is 0. The van der Waals surface area contributed by atoms with Crippen LogP contribution in [0.2, 0.25) is 0 Å². The number of ketones is 1. The highest BCUT2D eigenvalue weighted by Crippen LogP contribution is 2.32. The van der Waals surface area contributed by atoms with E-state index in [0.29, 0.717) is 5.78 Å². The highest BCUT2D eigenvalue weighted by molar-refractivity contribution is 8.21. The molecule has 0 saturated heterocycles. The Morgan fingerprint density at radius 3 is 2.14 bits per heavy atom. The van der Waals surface area contributed by atoms with Gasteiger partial charge in [-0.3, -0.25) is 4.79 Å². The summed E-state index contributed by atoms with van der Waals surface area (Å²) in [6.07, 6.45) is 10.7. The van der Waals surface area contributed by atoms with Crippen LogP contribution >= 0.6 is 23.5 Å². The minimum atomic E-state index is 0.392. The number of thioether (sulfide) groups is 2. The maximum atomic E-state index is 11.8. The highest BCUT2D eigenvalue weighted by Gasteiger charge is 2.16. The van der Waals surface area contributed by atoms with Gasteiger partial charge in [0.05, 0.1) is 0 Å². The molecule has 0 bridgehead atoms. The average Bonchev–Trinajstić information content (AvgIpc) is 2.18. The lowest BCUT2D eigenvalue weighted by molar-refractivity contribution is -0.116. The predicted octanol–water partition coefficient (Wildman–Crippen LogP) is 3.85. The van der Waals surface area contributed by atoms with Crippen molar-refractivity contribution in [1.29, 1.82) is 0 Å². The maximum Gasteiger partial charge on any atom is 0.160 e. The first-order valence-electron chi connectivity index (χ1n) is 5.14. The van der Waals surface area contributed by atoms with Crippen molar-refractivity contribution < 1.29 is 4.79 Å². The van der Waals surface area contributed by atoms with E-state index in [2.05, 4.69) is 12.5 Å². The molecule has 0 aliphatic heterocycles. The quantitative estimate of drug-likeness (QED) is 0.671. The van der Waals surface area contributed by atoms with Crippen LogP contribution in [-0.4, -0.2) is 18.3 Å². The molecule has 0 amide bonds. The van der Waals surface area contributed by atoms with Crippen LogP contribution in [-0.2, 0) is 4.79 Å². The lowest BCUT2D eigenvalue weighted by Crippen LogP contribution is -2.07. The van der Waals surface area contributed by atoms with Crippen molar-refractivity contribution in [1.82, 2.24) is 0 Å². The fourth-order valence-electron chi connectivity index (χ4n) is 1.78. The normalized spacial score (nSPS) is 19.0. The molecule has 0 atom stereocenters. The van der Waals surface area contributed by atoms with Crippen LogP contribution < -0.4 is 0 Å². The van der Waals surface area contributed by atoms with Gasteiger partial charge in [-0.15, -0.1) is 23.5 Å². The molecule has 0 aromatic heterocycles. The Bertz CT molecular complexity index is 227. The van der Waals surface area contributed by atoms with E-state index in [4.69, 9.17) is 0 Å². The van der Waals surface area contributed by atoms with Gasteiger partial charge in [0, 0.05) is 16.2 Å². The zero-order valence-electron chi connectivity index (χ0n) is 8.97. The summed E-state index contributed by atoms with van der Waals surface area (Å²) in [7, 11) is 0. The number of carbonyl (C=O) groups is 1. The zero-order valence-corrected chi connectivity index (χ0v) is 10.6. The fourth-order valence-corrected chi connectivity index (χ4v) is 3.37. The molecular weight excluding hydrogens is 212 g/mol. The van der Waals surface area contributed by atoms with Gasteiger partial charge in [-0.1, -0.05) is 12.8 Å². The van der Waals surface area contributed by atoms with Crippen molar-refractivity contribution in [2.45, 2.75) is 38.5 Å². The lowest BCUT2D eigenvalue weighted by Gasteiger charge is -2.14. The zero-order chi connectivity index (χ0) is 10.4. The van der Waals surface area contributed by atoms with E-state index in [1.807, 2.05) is 0 Å². The van der Waals surface area contributed by atoms with Crippen LogP contribution in [0.25, 0.3) is 0 Å². The minimum Gasteiger partial charge on any atom is -0.294 e. The van der Waals surface area contributed by atoms with E-state index in [1.54, 1.807) is 23.5 Å². The van der Waals surface area contributed by atoms with Crippen molar-refractivity contribution in [3.8, 4) is 0 Å². The third kappa shape index (κ3) is 3.35. The molecule has 1 saturated carbocycles. The molecule has 0 radical (unpaired) electrons. The predicted molar refractivity (Wildman–Crippen MR) is 66.8 cm³/mol. The smallest absolute Gasteiger partial charge is 0.160 e. The molecule has 0 unspecified atom stereocenters. The second-order valence-corrected chi connectivity index (χ2v) is 5.40. The van der Waals surface area contributed by atoms with Crippen LogP contribution in [0.15, 0.2) is 9.81 Å². The third-order valence-corrected chi connectivity index (χ3v) is 4.77. The van der Waals surface area contributed by atoms with E-state index in [1.165, 1.54) is 23.5 Å². The van der Waals surface area contributed by atoms with Gasteiger partial charge in [0.15, 0.2) is 5.78 Å². The van der Waals surface area contributed by atoms with Crippen molar-refractivity contribution in [2.75, 3.05) is 12.5 Å². The Hall–Kier alpha value is 0.110. The minimum absolute atomic E-state index is 0.392. The summed E-state index contributed by atoms with van der Waals surface area (Å²) < 4.78 is 1.23. The average molecular weight is 230 g/mol. The topological polar surface area (TPSA) is 17.1 Å². The summed E-state index contributed by atoms with van der Waals surface area (Å²) in [6, 6.07) is 0. The van der Waals surface area contributed by atoms with E-state index >= 15 is 0 Å². The molecule has 0 aromatic carbocycles. The largest absolute Gasteiger partial charge is 0.294 e. The SMILES string of the molecule is CSC(SC)=C1CCCCCCC1=O. The molecule has 3 heteroatoms. The Labute approximate surface area is 95.1 Å². The summed E-state index contributed by atoms with van der Waals surface area (Å²) in [4.78, 5) is 11.8. The van der Waals surface area contributed by atoms with Gasteiger partial charge in [0.1, 0.15) is 0 Å². The Balaban J connectivity index is 2.79. The summed E-state index contributed by atoms with van der Waals surface area (Å²) in [5, 5.41) is 0. The van der Waals surface area contributed by atoms with E-state index in [9.17, 15) is 4.79 Å². The summed E-state index contributed by atoms with van der Waals surface area (Å²) in [5.41, 5.74) is 1.10. The number of rotatable bonds is 2. The van der Waals surface area contributed by atoms with Crippen LogP contribution in [0.1, 0.15) is 38.5 Å². The second kappa shape index (κ2) is 6.57. The van der Waals surface area contributed by atoms with Crippen molar-refractivity contribution in [3.05, 3.63) is 9.81 Å². The monoisotopic (exact) mass is 230 g/mol. The molecule has 1 nitrogen and oxygen atoms in total. The van der Waals surface area contributed by atoms with Crippen LogP contribution in [0.3, 0.4) is 0 Å². The molecular formula is C11H18OS2. The maximum absolute atomic E-state index is 11.8. The Kier molecular flexibility index (Phi) is 5.71. The molecule has 0 heterocycles. The Morgan fingerprint density at radius 1 is 1.00 bits per heavy atom. The highest BCUT2D eigenvalue weighted by atomic mass is 32.2. The number of Topliss-reactive ketones (excluding diaryl/α,β-unsaturated/α-hetero) is 1. The van der Waals surface area contributed by atoms with Crippen molar-refractivity contribution in [2.24, 2.45) is 0 Å². The molecule has 1 aliphatic rings. The number of carbonyl (C=O) groups excluding carboxylic acids is 1. The molecule has 1 rings (SSSR count). The molecule has 80 valence electrons. The van der Waals surface area contributed by atoms with Gasteiger partial charge in [-0.25, -0.2) is 0 Å². The van der Waals surface area contributed by atoms with Crippen molar-refractivity contribution >= 4 is 29.3 Å². The van der Waals surface area contributed by atoms with E-state index in [-0.39, 0.29) is 0 Å². The summed E-state index contributed by atoms with van der Waals surface area (Å²) >= 11 is 3.44. The number of allylic oxidation sites excluding steroid dienone is 1. The number of hydrogen-bond donors (Lipinski definition) is 0. The number of hydrogen-bond acceptors (Lipinski definition) is 3. The molecule has 14 heavy (non-hydrogen) atoms. The van der Waals surface area contributed by atoms with E-state index < -0.39 is 0 Å². The van der Waals surface area contributed by atoms with E-state index in [0.717, 1.165) is 24.8 Å². The first-order valence-corrected chi connectivity index (χ1v) is 7.59. The van der Waals surface area contributed by atoms with Crippen molar-refractivity contribution in [3.63, 3.8) is 0 Å². The molecule has 0 spiro atoms. The third-order valence-electron chi connectivity index (χ3n) is 2.53. The van der Waals surface area contributed by atoms with Gasteiger partial charge in [0.2, 0.25) is 0 Å². The lowest BCUT2D eigenvalue weighted by atomic mass is 9.96. The standard InChI is InChI=1S/C11H18OS2/c1-13-11(14-2)9-7-5-3-4-6-8-10(9)12/h3-8H2,1-2H3. The Morgan fingerprint density at radius 2 is 1.57 bits per heavy atom. The van der Waals surface area contributed by atoms with Gasteiger partial charge >= 0.3 is 0 Å². The summed E-state index contributed by atoms with van der Waals surface area (Å²) in [5.74, 6) is 0.392. The second-order valence-electron chi connectivity index (χ2n) is 3.51. The van der Waals surface area contributed by atoms with Gasteiger partial charge < -0.3 is 0 Å².